The van der Waals surface area contributed by atoms with Gasteiger partial charge in [-0.05, 0) is 42.8 Å². The SMILES string of the molecule is Cc1ccc2nc(-c3cccc(OCc4ccccc4Cl)c3)[nH]c2c1. The number of hydrogen-bond donors (Lipinski definition) is 1. The molecule has 1 aromatic heterocycles. The molecule has 0 unspecified atom stereocenters. The van der Waals surface area contributed by atoms with Gasteiger partial charge in [-0.2, -0.15) is 0 Å². The summed E-state index contributed by atoms with van der Waals surface area (Å²) in [7, 11) is 0. The molecule has 0 amide bonds. The fraction of sp³-hybridized carbons (Fsp3) is 0.0952. The van der Waals surface area contributed by atoms with Crippen LogP contribution in [0, 0.1) is 6.92 Å². The van der Waals surface area contributed by atoms with E-state index in [-0.39, 0.29) is 0 Å². The molecular formula is C21H17ClN2O. The Bertz CT molecular complexity index is 1040. The Morgan fingerprint density at radius 3 is 2.76 bits per heavy atom. The molecule has 0 saturated heterocycles. The second-order valence-electron chi connectivity index (χ2n) is 6.01. The standard InChI is InChI=1S/C21H17ClN2O/c1-14-9-10-19-20(11-14)24-21(23-19)15-6-4-7-17(12-15)25-13-16-5-2-3-8-18(16)22/h2-12H,13H2,1H3,(H,23,24). The van der Waals surface area contributed by atoms with Gasteiger partial charge >= 0.3 is 0 Å². The first kappa shape index (κ1) is 15.7. The number of hydrogen-bond acceptors (Lipinski definition) is 2. The quantitative estimate of drug-likeness (QED) is 0.508. The van der Waals surface area contributed by atoms with E-state index in [4.69, 9.17) is 16.3 Å². The maximum atomic E-state index is 6.18. The third kappa shape index (κ3) is 3.37. The molecule has 0 saturated carbocycles. The largest absolute Gasteiger partial charge is 0.489 e. The summed E-state index contributed by atoms with van der Waals surface area (Å²) in [4.78, 5) is 8.04. The number of nitrogens with zero attached hydrogens (tertiary/aromatic N) is 1. The Kier molecular flexibility index (Phi) is 4.16. The molecule has 124 valence electrons. The molecule has 4 rings (SSSR count). The van der Waals surface area contributed by atoms with Crippen molar-refractivity contribution in [1.29, 1.82) is 0 Å². The number of aromatic nitrogens is 2. The van der Waals surface area contributed by atoms with Crippen molar-refractivity contribution in [3.8, 4) is 17.1 Å². The zero-order valence-corrected chi connectivity index (χ0v) is 14.5. The number of rotatable bonds is 4. The number of imidazole rings is 1. The van der Waals surface area contributed by atoms with Gasteiger partial charge in [0, 0.05) is 16.1 Å². The molecule has 4 aromatic rings. The number of benzene rings is 3. The predicted octanol–water partition coefficient (Wildman–Crippen LogP) is 5.77. The number of aromatic amines is 1. The van der Waals surface area contributed by atoms with Crippen molar-refractivity contribution in [2.24, 2.45) is 0 Å². The van der Waals surface area contributed by atoms with Crippen LogP contribution in [0.1, 0.15) is 11.1 Å². The topological polar surface area (TPSA) is 37.9 Å². The first-order valence-corrected chi connectivity index (χ1v) is 8.50. The zero-order chi connectivity index (χ0) is 17.2. The molecule has 0 fully saturated rings. The van der Waals surface area contributed by atoms with Crippen molar-refractivity contribution in [3.63, 3.8) is 0 Å². The highest BCUT2D eigenvalue weighted by atomic mass is 35.5. The van der Waals surface area contributed by atoms with Gasteiger partial charge in [-0.3, -0.25) is 0 Å². The van der Waals surface area contributed by atoms with E-state index in [1.807, 2.05) is 54.6 Å². The Balaban J connectivity index is 1.59. The van der Waals surface area contributed by atoms with Crippen LogP contribution in [0.4, 0.5) is 0 Å². The fourth-order valence-corrected chi connectivity index (χ4v) is 2.96. The lowest BCUT2D eigenvalue weighted by Crippen LogP contribution is -1.96. The maximum Gasteiger partial charge on any atom is 0.138 e. The zero-order valence-electron chi connectivity index (χ0n) is 13.8. The highest BCUT2D eigenvalue weighted by Crippen LogP contribution is 2.25. The van der Waals surface area contributed by atoms with Gasteiger partial charge in [0.05, 0.1) is 11.0 Å². The summed E-state index contributed by atoms with van der Waals surface area (Å²) in [5.74, 6) is 1.62. The minimum atomic E-state index is 0.433. The van der Waals surface area contributed by atoms with Gasteiger partial charge in [0.25, 0.3) is 0 Å². The number of ether oxygens (including phenoxy) is 1. The molecule has 0 aliphatic carbocycles. The second-order valence-corrected chi connectivity index (χ2v) is 6.42. The fourth-order valence-electron chi connectivity index (χ4n) is 2.77. The Morgan fingerprint density at radius 1 is 1.00 bits per heavy atom. The summed E-state index contributed by atoms with van der Waals surface area (Å²) in [5.41, 5.74) is 5.17. The van der Waals surface area contributed by atoms with E-state index in [9.17, 15) is 0 Å². The van der Waals surface area contributed by atoms with E-state index in [1.165, 1.54) is 5.56 Å². The Morgan fingerprint density at radius 2 is 1.88 bits per heavy atom. The maximum absolute atomic E-state index is 6.18. The van der Waals surface area contributed by atoms with Crippen molar-refractivity contribution in [1.82, 2.24) is 9.97 Å². The van der Waals surface area contributed by atoms with Crippen molar-refractivity contribution < 1.29 is 4.74 Å². The molecule has 3 aromatic carbocycles. The molecule has 0 aliphatic heterocycles. The first-order chi connectivity index (χ1) is 12.2. The lowest BCUT2D eigenvalue weighted by molar-refractivity contribution is 0.306. The van der Waals surface area contributed by atoms with Gasteiger partial charge in [0.2, 0.25) is 0 Å². The van der Waals surface area contributed by atoms with E-state index in [1.54, 1.807) is 0 Å². The second kappa shape index (κ2) is 6.61. The van der Waals surface area contributed by atoms with Crippen molar-refractivity contribution in [2.45, 2.75) is 13.5 Å². The predicted molar refractivity (Wildman–Crippen MR) is 102 cm³/mol. The third-order valence-electron chi connectivity index (χ3n) is 4.10. The molecule has 3 nitrogen and oxygen atoms in total. The van der Waals surface area contributed by atoms with Crippen LogP contribution in [-0.4, -0.2) is 9.97 Å². The van der Waals surface area contributed by atoms with E-state index >= 15 is 0 Å². The smallest absolute Gasteiger partial charge is 0.138 e. The van der Waals surface area contributed by atoms with Gasteiger partial charge in [0.15, 0.2) is 0 Å². The van der Waals surface area contributed by atoms with Crippen LogP contribution in [0.2, 0.25) is 5.02 Å². The molecular weight excluding hydrogens is 332 g/mol. The lowest BCUT2D eigenvalue weighted by Gasteiger charge is -2.08. The van der Waals surface area contributed by atoms with Gasteiger partial charge in [0.1, 0.15) is 18.2 Å². The minimum Gasteiger partial charge on any atom is -0.489 e. The van der Waals surface area contributed by atoms with Crippen LogP contribution in [0.15, 0.2) is 66.7 Å². The van der Waals surface area contributed by atoms with Crippen molar-refractivity contribution in [3.05, 3.63) is 82.9 Å². The number of aryl methyl sites for hydroxylation is 1. The van der Waals surface area contributed by atoms with E-state index < -0.39 is 0 Å². The molecule has 0 radical (unpaired) electrons. The highest BCUT2D eigenvalue weighted by Gasteiger charge is 2.07. The number of halogens is 1. The normalized spacial score (nSPS) is 11.0. The summed E-state index contributed by atoms with van der Waals surface area (Å²) < 4.78 is 5.90. The van der Waals surface area contributed by atoms with Gasteiger partial charge in [-0.1, -0.05) is 48.0 Å². The van der Waals surface area contributed by atoms with E-state index in [2.05, 4.69) is 29.0 Å². The van der Waals surface area contributed by atoms with Gasteiger partial charge in [-0.15, -0.1) is 0 Å². The lowest BCUT2D eigenvalue weighted by atomic mass is 10.2. The van der Waals surface area contributed by atoms with Crippen LogP contribution >= 0.6 is 11.6 Å². The molecule has 1 N–H and O–H groups in total. The van der Waals surface area contributed by atoms with E-state index in [0.717, 1.165) is 33.7 Å². The van der Waals surface area contributed by atoms with Gasteiger partial charge in [-0.25, -0.2) is 4.98 Å². The van der Waals surface area contributed by atoms with Gasteiger partial charge < -0.3 is 9.72 Å². The average molecular weight is 349 g/mol. The van der Waals surface area contributed by atoms with Crippen LogP contribution in [0.3, 0.4) is 0 Å². The van der Waals surface area contributed by atoms with E-state index in [0.29, 0.717) is 11.6 Å². The Labute approximate surface area is 151 Å². The summed E-state index contributed by atoms with van der Waals surface area (Å²) in [5, 5.41) is 0.714. The number of nitrogens with one attached hydrogen (secondary N) is 1. The molecule has 1 heterocycles. The Hall–Kier alpha value is -2.78. The summed E-state index contributed by atoms with van der Waals surface area (Å²) >= 11 is 6.18. The molecule has 4 heteroatoms. The molecule has 25 heavy (non-hydrogen) atoms. The van der Waals surface area contributed by atoms with Crippen molar-refractivity contribution in [2.75, 3.05) is 0 Å². The first-order valence-electron chi connectivity index (χ1n) is 8.12. The monoisotopic (exact) mass is 348 g/mol. The van der Waals surface area contributed by atoms with Crippen LogP contribution in [0.5, 0.6) is 5.75 Å². The highest BCUT2D eigenvalue weighted by molar-refractivity contribution is 6.31. The molecule has 0 spiro atoms. The molecule has 0 bridgehead atoms. The number of H-pyrrole nitrogens is 1. The average Bonchev–Trinajstić information content (AvgIpc) is 3.04. The summed E-state index contributed by atoms with van der Waals surface area (Å²) in [6, 6.07) is 21.8. The van der Waals surface area contributed by atoms with Crippen LogP contribution in [-0.2, 0) is 6.61 Å². The summed E-state index contributed by atoms with van der Waals surface area (Å²) in [6.45, 7) is 2.51. The molecule has 0 atom stereocenters. The summed E-state index contributed by atoms with van der Waals surface area (Å²) in [6.07, 6.45) is 0. The van der Waals surface area contributed by atoms with Crippen LogP contribution < -0.4 is 4.74 Å². The van der Waals surface area contributed by atoms with Crippen LogP contribution in [0.25, 0.3) is 22.4 Å². The minimum absolute atomic E-state index is 0.433. The van der Waals surface area contributed by atoms with Crippen molar-refractivity contribution >= 4 is 22.6 Å². The number of fused-ring (bicyclic) bond motifs is 1. The molecule has 0 aliphatic rings. The third-order valence-corrected chi connectivity index (χ3v) is 4.47.